The van der Waals surface area contributed by atoms with Crippen molar-refractivity contribution in [3.63, 3.8) is 0 Å². The molecule has 0 aliphatic carbocycles. The zero-order valence-electron chi connectivity index (χ0n) is 12.6. The zero-order chi connectivity index (χ0) is 15.5. The number of hydrogen-bond donors (Lipinski definition) is 3. The number of phenolic OH excluding ortho intramolecular Hbond substituents is 1. The summed E-state index contributed by atoms with van der Waals surface area (Å²) in [5.41, 5.74) is 0.530. The van der Waals surface area contributed by atoms with Gasteiger partial charge in [0.15, 0.2) is 0 Å². The van der Waals surface area contributed by atoms with Gasteiger partial charge in [0, 0.05) is 24.7 Å². The van der Waals surface area contributed by atoms with Crippen molar-refractivity contribution in [1.29, 1.82) is 0 Å². The lowest BCUT2D eigenvalue weighted by Gasteiger charge is -2.20. The number of fused-ring (bicyclic) bond motifs is 1. The Bertz CT molecular complexity index is 511. The van der Waals surface area contributed by atoms with Crippen LogP contribution in [0.25, 0.3) is 0 Å². The Morgan fingerprint density at radius 2 is 2.19 bits per heavy atom. The summed E-state index contributed by atoms with van der Waals surface area (Å²) in [7, 11) is 0. The molecule has 0 saturated carbocycles. The van der Waals surface area contributed by atoms with E-state index in [4.69, 9.17) is 9.47 Å². The Morgan fingerprint density at radius 1 is 1.43 bits per heavy atom. The molecule has 1 atom stereocenters. The number of rotatable bonds is 4. The van der Waals surface area contributed by atoms with Gasteiger partial charge in [-0.25, -0.2) is 4.79 Å². The second kappa shape index (κ2) is 6.22. The first-order chi connectivity index (χ1) is 9.85. The SMILES string of the molecule is CC(C)(C)OC(=O)NCCNC1COc2cc(O)ccc21. The lowest BCUT2D eigenvalue weighted by Crippen LogP contribution is -2.37. The van der Waals surface area contributed by atoms with Gasteiger partial charge in [-0.2, -0.15) is 0 Å². The van der Waals surface area contributed by atoms with Crippen molar-refractivity contribution in [3.05, 3.63) is 23.8 Å². The predicted octanol–water partition coefficient (Wildman–Crippen LogP) is 1.94. The summed E-state index contributed by atoms with van der Waals surface area (Å²) in [5.74, 6) is 0.897. The highest BCUT2D eigenvalue weighted by molar-refractivity contribution is 5.67. The summed E-state index contributed by atoms with van der Waals surface area (Å²) in [6.07, 6.45) is -0.419. The lowest BCUT2D eigenvalue weighted by molar-refractivity contribution is 0.0528. The first-order valence-electron chi connectivity index (χ1n) is 7.01. The van der Waals surface area contributed by atoms with Gasteiger partial charge in [-0.15, -0.1) is 0 Å². The van der Waals surface area contributed by atoms with Crippen LogP contribution in [-0.2, 0) is 4.74 Å². The molecule has 6 heteroatoms. The smallest absolute Gasteiger partial charge is 0.407 e. The van der Waals surface area contributed by atoms with Crippen LogP contribution in [0.4, 0.5) is 4.79 Å². The molecule has 1 aromatic carbocycles. The number of amides is 1. The fraction of sp³-hybridized carbons (Fsp3) is 0.533. The molecule has 3 N–H and O–H groups in total. The van der Waals surface area contributed by atoms with Crippen LogP contribution in [-0.4, -0.2) is 36.5 Å². The van der Waals surface area contributed by atoms with Crippen LogP contribution in [0.3, 0.4) is 0 Å². The van der Waals surface area contributed by atoms with Gasteiger partial charge in [-0.1, -0.05) is 0 Å². The van der Waals surface area contributed by atoms with E-state index in [9.17, 15) is 9.90 Å². The molecule has 1 heterocycles. The van der Waals surface area contributed by atoms with Crippen LogP contribution in [0.15, 0.2) is 18.2 Å². The van der Waals surface area contributed by atoms with Crippen LogP contribution < -0.4 is 15.4 Å². The minimum absolute atomic E-state index is 0.0704. The maximum atomic E-state index is 11.5. The van der Waals surface area contributed by atoms with E-state index >= 15 is 0 Å². The molecule has 0 spiro atoms. The largest absolute Gasteiger partial charge is 0.508 e. The number of alkyl carbamates (subject to hydrolysis) is 1. The summed E-state index contributed by atoms with van der Waals surface area (Å²) in [4.78, 5) is 11.5. The Kier molecular flexibility index (Phi) is 4.57. The van der Waals surface area contributed by atoms with Crippen LogP contribution >= 0.6 is 0 Å². The Hall–Kier alpha value is -1.95. The fourth-order valence-electron chi connectivity index (χ4n) is 2.09. The maximum absolute atomic E-state index is 11.5. The van der Waals surface area contributed by atoms with Crippen LogP contribution in [0.2, 0.25) is 0 Å². The standard InChI is InChI=1S/C15H22N2O4/c1-15(2,3)21-14(19)17-7-6-16-12-9-20-13-8-10(18)4-5-11(12)13/h4-5,8,12,16,18H,6-7,9H2,1-3H3,(H,17,19). The number of nitrogens with one attached hydrogen (secondary N) is 2. The molecule has 21 heavy (non-hydrogen) atoms. The monoisotopic (exact) mass is 294 g/mol. The van der Waals surface area contributed by atoms with E-state index in [0.29, 0.717) is 25.4 Å². The molecule has 0 saturated heterocycles. The van der Waals surface area contributed by atoms with Gasteiger partial charge >= 0.3 is 6.09 Å². The van der Waals surface area contributed by atoms with Crippen LogP contribution in [0.1, 0.15) is 32.4 Å². The molecule has 0 fully saturated rings. The normalized spacial score (nSPS) is 17.0. The summed E-state index contributed by atoms with van der Waals surface area (Å²) in [6, 6.07) is 5.16. The second-order valence-electron chi connectivity index (χ2n) is 5.97. The molecule has 1 aromatic rings. The Balaban J connectivity index is 1.73. The summed E-state index contributed by atoms with van der Waals surface area (Å²) in [6.45, 7) is 7.07. The van der Waals surface area contributed by atoms with E-state index in [2.05, 4.69) is 10.6 Å². The molecule has 1 aliphatic heterocycles. The molecule has 0 bridgehead atoms. The third kappa shape index (κ3) is 4.53. The molecule has 6 nitrogen and oxygen atoms in total. The van der Waals surface area contributed by atoms with Crippen LogP contribution in [0, 0.1) is 0 Å². The average Bonchev–Trinajstić information content (AvgIpc) is 2.75. The maximum Gasteiger partial charge on any atom is 0.407 e. The Morgan fingerprint density at radius 3 is 2.90 bits per heavy atom. The highest BCUT2D eigenvalue weighted by atomic mass is 16.6. The van der Waals surface area contributed by atoms with E-state index in [1.807, 2.05) is 26.8 Å². The molecule has 2 rings (SSSR count). The number of carbonyl (C=O) groups is 1. The topological polar surface area (TPSA) is 79.8 Å². The van der Waals surface area contributed by atoms with Crippen molar-refractivity contribution in [2.24, 2.45) is 0 Å². The number of benzene rings is 1. The van der Waals surface area contributed by atoms with Gasteiger partial charge in [-0.05, 0) is 32.9 Å². The van der Waals surface area contributed by atoms with Gasteiger partial charge in [0.05, 0.1) is 6.04 Å². The molecule has 1 aliphatic rings. The quantitative estimate of drug-likeness (QED) is 0.740. The third-order valence-corrected chi connectivity index (χ3v) is 2.96. The predicted molar refractivity (Wildman–Crippen MR) is 78.6 cm³/mol. The van der Waals surface area contributed by atoms with E-state index in [0.717, 1.165) is 5.56 Å². The van der Waals surface area contributed by atoms with Crippen molar-refractivity contribution in [2.45, 2.75) is 32.4 Å². The average molecular weight is 294 g/mol. The second-order valence-corrected chi connectivity index (χ2v) is 5.97. The number of carbonyl (C=O) groups excluding carboxylic acids is 1. The Labute approximate surface area is 124 Å². The first-order valence-corrected chi connectivity index (χ1v) is 7.01. The first kappa shape index (κ1) is 15.4. The van der Waals surface area contributed by atoms with E-state index < -0.39 is 11.7 Å². The number of aromatic hydroxyl groups is 1. The zero-order valence-corrected chi connectivity index (χ0v) is 12.6. The van der Waals surface area contributed by atoms with Crippen molar-refractivity contribution in [3.8, 4) is 11.5 Å². The van der Waals surface area contributed by atoms with Crippen molar-refractivity contribution >= 4 is 6.09 Å². The van der Waals surface area contributed by atoms with Crippen molar-refractivity contribution < 1.29 is 19.4 Å². The van der Waals surface area contributed by atoms with Crippen LogP contribution in [0.5, 0.6) is 11.5 Å². The fourth-order valence-corrected chi connectivity index (χ4v) is 2.09. The molecular formula is C15H22N2O4. The third-order valence-electron chi connectivity index (χ3n) is 2.96. The molecule has 1 unspecified atom stereocenters. The van der Waals surface area contributed by atoms with Gasteiger partial charge in [0.1, 0.15) is 23.7 Å². The van der Waals surface area contributed by atoms with Gasteiger partial charge in [0.25, 0.3) is 0 Å². The summed E-state index contributed by atoms with van der Waals surface area (Å²) >= 11 is 0. The highest BCUT2D eigenvalue weighted by Crippen LogP contribution is 2.34. The molecule has 0 aromatic heterocycles. The minimum Gasteiger partial charge on any atom is -0.508 e. The van der Waals surface area contributed by atoms with Crippen molar-refractivity contribution in [1.82, 2.24) is 10.6 Å². The number of ether oxygens (including phenoxy) is 2. The molecule has 116 valence electrons. The summed E-state index contributed by atoms with van der Waals surface area (Å²) in [5, 5.41) is 15.4. The van der Waals surface area contributed by atoms with Crippen molar-refractivity contribution in [2.75, 3.05) is 19.7 Å². The molecular weight excluding hydrogens is 272 g/mol. The van der Waals surface area contributed by atoms with Gasteiger partial charge < -0.3 is 25.2 Å². The molecule has 0 radical (unpaired) electrons. The minimum atomic E-state index is -0.488. The van der Waals surface area contributed by atoms with E-state index in [1.165, 1.54) is 0 Å². The number of phenols is 1. The highest BCUT2D eigenvalue weighted by Gasteiger charge is 2.23. The van der Waals surface area contributed by atoms with E-state index in [1.54, 1.807) is 12.1 Å². The lowest BCUT2D eigenvalue weighted by atomic mass is 10.1. The number of hydrogen-bond acceptors (Lipinski definition) is 5. The van der Waals surface area contributed by atoms with Gasteiger partial charge in [-0.3, -0.25) is 0 Å². The molecule has 1 amide bonds. The van der Waals surface area contributed by atoms with Gasteiger partial charge in [0.2, 0.25) is 0 Å². The summed E-state index contributed by atoms with van der Waals surface area (Å²) < 4.78 is 10.7. The van der Waals surface area contributed by atoms with E-state index in [-0.39, 0.29) is 11.8 Å².